The first-order valence-electron chi connectivity index (χ1n) is 10.1. The third kappa shape index (κ3) is 5.23. The number of carbonyl (C=O) groups excluding carboxylic acids is 1. The number of benzene rings is 3. The smallest absolute Gasteiger partial charge is 0.365 e. The van der Waals surface area contributed by atoms with Gasteiger partial charge in [0.1, 0.15) is 6.61 Å². The first-order valence-corrected chi connectivity index (χ1v) is 10.1. The molecule has 0 radical (unpaired) electrons. The topological polar surface area (TPSA) is 41.6 Å². The maximum atomic E-state index is 12.8. The van der Waals surface area contributed by atoms with Gasteiger partial charge < -0.3 is 15.0 Å². The Labute approximate surface area is 190 Å². The molecule has 4 rings (SSSR count). The second kappa shape index (κ2) is 9.90. The van der Waals surface area contributed by atoms with Crippen LogP contribution in [-0.2, 0) is 15.7 Å². The number of carbonyl (C=O) groups is 1. The summed E-state index contributed by atoms with van der Waals surface area (Å²) in [6.45, 7) is 2.76. The van der Waals surface area contributed by atoms with Crippen LogP contribution in [0.3, 0.4) is 0 Å². The van der Waals surface area contributed by atoms with Crippen molar-refractivity contribution in [2.24, 2.45) is 0 Å². The minimum atomic E-state index is -4.41. The number of alkyl halides is 3. The quantitative estimate of drug-likeness (QED) is 0.552. The van der Waals surface area contributed by atoms with E-state index in [0.29, 0.717) is 12.2 Å². The van der Waals surface area contributed by atoms with Gasteiger partial charge in [0.25, 0.3) is 5.91 Å². The molecule has 3 aromatic rings. The third-order valence-electron chi connectivity index (χ3n) is 5.58. The molecule has 1 heterocycles. The van der Waals surface area contributed by atoms with Gasteiger partial charge in [-0.05, 0) is 47.5 Å². The van der Waals surface area contributed by atoms with Crippen LogP contribution in [0.2, 0.25) is 0 Å². The molecular formula is C24H24ClF3N2O2. The molecular weight excluding hydrogens is 441 g/mol. The van der Waals surface area contributed by atoms with Crippen molar-refractivity contribution in [3.63, 3.8) is 0 Å². The Balaban J connectivity index is 0.00000289. The second-order valence-electron chi connectivity index (χ2n) is 7.68. The number of nitrogens with zero attached hydrogens (tertiary/aromatic N) is 1. The molecule has 0 saturated carbocycles. The lowest BCUT2D eigenvalue weighted by atomic mass is 9.99. The van der Waals surface area contributed by atoms with Gasteiger partial charge in [-0.1, -0.05) is 42.5 Å². The highest BCUT2D eigenvalue weighted by Gasteiger charge is 2.32. The average Bonchev–Trinajstić information content (AvgIpc) is 2.77. The summed E-state index contributed by atoms with van der Waals surface area (Å²) in [6.07, 6.45) is -4.67. The van der Waals surface area contributed by atoms with Gasteiger partial charge in [0, 0.05) is 18.3 Å². The lowest BCUT2D eigenvalue weighted by Crippen LogP contribution is -2.50. The van der Waals surface area contributed by atoms with E-state index in [4.69, 9.17) is 4.74 Å². The number of hydrogen-bond acceptors (Lipinski definition) is 3. The van der Waals surface area contributed by atoms with Crippen LogP contribution in [0, 0.1) is 0 Å². The minimum Gasteiger partial charge on any atom is -0.365 e. The van der Waals surface area contributed by atoms with Gasteiger partial charge in [0.2, 0.25) is 0 Å². The molecule has 170 valence electrons. The first-order chi connectivity index (χ1) is 14.8. The number of hydrogen-bond donors (Lipinski definition) is 1. The summed E-state index contributed by atoms with van der Waals surface area (Å²) in [5, 5.41) is 5.81. The van der Waals surface area contributed by atoms with E-state index in [2.05, 4.69) is 36.5 Å². The molecule has 1 saturated heterocycles. The van der Waals surface area contributed by atoms with Crippen LogP contribution in [0.1, 0.15) is 24.1 Å². The lowest BCUT2D eigenvalue weighted by Gasteiger charge is -2.33. The number of anilines is 1. The fourth-order valence-corrected chi connectivity index (χ4v) is 3.87. The van der Waals surface area contributed by atoms with E-state index >= 15 is 0 Å². The van der Waals surface area contributed by atoms with Gasteiger partial charge in [-0.15, -0.1) is 12.4 Å². The number of amides is 1. The van der Waals surface area contributed by atoms with Gasteiger partial charge in [0.15, 0.2) is 0 Å². The van der Waals surface area contributed by atoms with E-state index in [0.717, 1.165) is 12.1 Å². The standard InChI is InChI=1S/C24H23F3N2O2.ClH/c1-16(21-8-4-6-17-5-2-3-7-22(17)21)28-13-20-14-29(23(30)15-31-20)19-11-9-18(10-12-19)24(25,26)27;/h2-12,16,20,28H,13-15H2,1H3;1H/t16-,20?;/m0./s1. The third-order valence-corrected chi connectivity index (χ3v) is 5.58. The molecule has 1 N–H and O–H groups in total. The molecule has 1 fully saturated rings. The highest BCUT2D eigenvalue weighted by atomic mass is 35.5. The molecule has 3 aromatic carbocycles. The Morgan fingerprint density at radius 2 is 1.75 bits per heavy atom. The van der Waals surface area contributed by atoms with Crippen molar-refractivity contribution in [2.75, 3.05) is 24.6 Å². The van der Waals surface area contributed by atoms with Crippen molar-refractivity contribution in [3.8, 4) is 0 Å². The minimum absolute atomic E-state index is 0. The van der Waals surface area contributed by atoms with Crippen LogP contribution in [0.4, 0.5) is 18.9 Å². The molecule has 32 heavy (non-hydrogen) atoms. The lowest BCUT2D eigenvalue weighted by molar-refractivity contribution is -0.137. The molecule has 1 aliphatic heterocycles. The second-order valence-corrected chi connectivity index (χ2v) is 7.68. The van der Waals surface area contributed by atoms with E-state index in [-0.39, 0.29) is 43.6 Å². The fraction of sp³-hybridized carbons (Fsp3) is 0.292. The van der Waals surface area contributed by atoms with E-state index in [1.165, 1.54) is 33.4 Å². The van der Waals surface area contributed by atoms with E-state index in [1.807, 2.05) is 18.2 Å². The maximum Gasteiger partial charge on any atom is 0.416 e. The largest absolute Gasteiger partial charge is 0.416 e. The van der Waals surface area contributed by atoms with Gasteiger partial charge >= 0.3 is 6.18 Å². The molecule has 1 aliphatic rings. The van der Waals surface area contributed by atoms with Gasteiger partial charge in [-0.3, -0.25) is 4.79 Å². The van der Waals surface area contributed by atoms with Crippen molar-refractivity contribution in [3.05, 3.63) is 77.9 Å². The van der Waals surface area contributed by atoms with Crippen LogP contribution in [-0.4, -0.2) is 31.7 Å². The molecule has 0 spiro atoms. The number of fused-ring (bicyclic) bond motifs is 1. The van der Waals surface area contributed by atoms with Gasteiger partial charge in [-0.2, -0.15) is 13.2 Å². The molecule has 0 aliphatic carbocycles. The van der Waals surface area contributed by atoms with E-state index < -0.39 is 11.7 Å². The summed E-state index contributed by atoms with van der Waals surface area (Å²) in [7, 11) is 0. The summed E-state index contributed by atoms with van der Waals surface area (Å²) >= 11 is 0. The SMILES string of the molecule is C[C@H](NCC1CN(c2ccc(C(F)(F)F)cc2)C(=O)CO1)c1cccc2ccccc12.Cl. The number of nitrogens with one attached hydrogen (secondary N) is 1. The van der Waals surface area contributed by atoms with Crippen molar-refractivity contribution in [2.45, 2.75) is 25.2 Å². The summed E-state index contributed by atoms with van der Waals surface area (Å²) in [5.74, 6) is -0.266. The van der Waals surface area contributed by atoms with E-state index in [9.17, 15) is 18.0 Å². The Morgan fingerprint density at radius 1 is 1.06 bits per heavy atom. The number of halogens is 4. The number of rotatable bonds is 5. The zero-order valence-corrected chi connectivity index (χ0v) is 18.2. The van der Waals surface area contributed by atoms with Crippen molar-refractivity contribution < 1.29 is 22.7 Å². The number of morpholine rings is 1. The predicted octanol–water partition coefficient (Wildman–Crippen LogP) is 5.36. The molecule has 2 atom stereocenters. The summed E-state index contributed by atoms with van der Waals surface area (Å²) in [4.78, 5) is 13.8. The zero-order chi connectivity index (χ0) is 22.0. The van der Waals surface area contributed by atoms with Crippen LogP contribution in [0.15, 0.2) is 66.7 Å². The molecule has 1 unspecified atom stereocenters. The molecule has 8 heteroatoms. The molecule has 0 aromatic heterocycles. The van der Waals surface area contributed by atoms with Crippen molar-refractivity contribution in [1.29, 1.82) is 0 Å². The number of ether oxygens (including phenoxy) is 1. The highest BCUT2D eigenvalue weighted by molar-refractivity contribution is 5.95. The normalized spacial score (nSPS) is 17.8. The average molecular weight is 465 g/mol. The molecule has 4 nitrogen and oxygen atoms in total. The predicted molar refractivity (Wildman–Crippen MR) is 121 cm³/mol. The van der Waals surface area contributed by atoms with E-state index in [1.54, 1.807) is 0 Å². The summed E-state index contributed by atoms with van der Waals surface area (Å²) in [6, 6.07) is 19.1. The fourth-order valence-electron chi connectivity index (χ4n) is 3.87. The Bertz CT molecular complexity index is 1070. The monoisotopic (exact) mass is 464 g/mol. The summed E-state index contributed by atoms with van der Waals surface area (Å²) in [5.41, 5.74) is 0.872. The molecule has 0 bridgehead atoms. The Kier molecular flexibility index (Phi) is 7.44. The van der Waals surface area contributed by atoms with Crippen molar-refractivity contribution in [1.82, 2.24) is 5.32 Å². The Hall–Kier alpha value is -2.61. The van der Waals surface area contributed by atoms with Crippen LogP contribution in [0.25, 0.3) is 10.8 Å². The molecule has 1 amide bonds. The van der Waals surface area contributed by atoms with Gasteiger partial charge in [0.05, 0.1) is 18.2 Å². The first kappa shape index (κ1) is 24.0. The summed E-state index contributed by atoms with van der Waals surface area (Å²) < 4.78 is 44.1. The zero-order valence-electron chi connectivity index (χ0n) is 17.4. The van der Waals surface area contributed by atoms with Crippen LogP contribution >= 0.6 is 12.4 Å². The van der Waals surface area contributed by atoms with Crippen molar-refractivity contribution >= 4 is 34.8 Å². The van der Waals surface area contributed by atoms with Crippen LogP contribution in [0.5, 0.6) is 0 Å². The highest BCUT2D eigenvalue weighted by Crippen LogP contribution is 2.31. The van der Waals surface area contributed by atoms with Gasteiger partial charge in [-0.25, -0.2) is 0 Å². The maximum absolute atomic E-state index is 12.8. The van der Waals surface area contributed by atoms with Crippen LogP contribution < -0.4 is 10.2 Å². The Morgan fingerprint density at radius 3 is 2.47 bits per heavy atom.